The fourth-order valence-electron chi connectivity index (χ4n) is 6.02. The van der Waals surface area contributed by atoms with Gasteiger partial charge in [0.25, 0.3) is 0 Å². The second kappa shape index (κ2) is 43.7. The molecule has 0 fully saturated rings. The summed E-state index contributed by atoms with van der Waals surface area (Å²) in [6.07, 6.45) is 49.1. The van der Waals surface area contributed by atoms with Gasteiger partial charge in [0.1, 0.15) is 0 Å². The van der Waals surface area contributed by atoms with Crippen molar-refractivity contribution in [1.29, 1.82) is 0 Å². The number of carbonyl (C=O) groups excluding carboxylic acids is 2. The first-order valence-corrected chi connectivity index (χ1v) is 20.8. The minimum atomic E-state index is -0.153. The molecule has 0 aliphatic carbocycles. The molecule has 46 heavy (non-hydrogen) atoms. The predicted molar refractivity (Wildman–Crippen MR) is 205 cm³/mol. The zero-order chi connectivity index (χ0) is 34.0. The number of rotatable bonds is 36. The summed E-state index contributed by atoms with van der Waals surface area (Å²) in [5.74, 6) is 0.0632. The molecule has 0 unspecified atom stereocenters. The van der Waals surface area contributed by atoms with Crippen molar-refractivity contribution in [3.63, 3.8) is 0 Å². The lowest BCUT2D eigenvalue weighted by Gasteiger charge is -2.03. The van der Waals surface area contributed by atoms with Crippen LogP contribution < -0.4 is 11.1 Å². The number of allylic oxidation sites excluding steroid dienone is 2. The highest BCUT2D eigenvalue weighted by atomic mass is 16.1. The highest BCUT2D eigenvalue weighted by molar-refractivity contribution is 5.75. The molecule has 3 N–H and O–H groups in total. The Bertz CT molecular complexity index is 619. The van der Waals surface area contributed by atoms with Crippen LogP contribution in [0, 0.1) is 0 Å². The molecule has 0 aliphatic heterocycles. The van der Waals surface area contributed by atoms with Gasteiger partial charge in [-0.1, -0.05) is 193 Å². The van der Waals surface area contributed by atoms with Crippen molar-refractivity contribution in [1.82, 2.24) is 5.32 Å². The summed E-state index contributed by atoms with van der Waals surface area (Å²) in [4.78, 5) is 21.9. The van der Waals surface area contributed by atoms with Crippen molar-refractivity contribution < 1.29 is 9.59 Å². The molecule has 0 spiro atoms. The normalized spacial score (nSPS) is 11.1. The highest BCUT2D eigenvalue weighted by Gasteiger charge is 1.99. The van der Waals surface area contributed by atoms with Gasteiger partial charge in [-0.25, -0.2) is 0 Å². The van der Waals surface area contributed by atoms with Crippen LogP contribution in [-0.4, -0.2) is 18.4 Å². The Labute approximate surface area is 289 Å². The lowest BCUT2D eigenvalue weighted by atomic mass is 10.0. The largest absolute Gasteiger partial charge is 0.370 e. The van der Waals surface area contributed by atoms with E-state index in [9.17, 15) is 9.59 Å². The minimum absolute atomic E-state index is 0.153. The number of primary amides is 1. The lowest BCUT2D eigenvalue weighted by molar-refractivity contribution is -0.121. The van der Waals surface area contributed by atoms with Crippen LogP contribution in [0.4, 0.5) is 0 Å². The molecule has 0 heterocycles. The number of hydrogen-bond donors (Lipinski definition) is 2. The van der Waals surface area contributed by atoms with E-state index < -0.39 is 0 Å². The Morgan fingerprint density at radius 3 is 1.00 bits per heavy atom. The molecule has 0 aromatic rings. The van der Waals surface area contributed by atoms with Crippen LogP contribution in [-0.2, 0) is 9.59 Å². The number of amides is 2. The molecule has 0 aromatic heterocycles. The van der Waals surface area contributed by atoms with Gasteiger partial charge in [-0.15, -0.1) is 0 Å². The van der Waals surface area contributed by atoms with Crippen molar-refractivity contribution in [3.8, 4) is 0 Å². The standard InChI is InChI=1S/C24H47NO.C18H37NO/c1-3-5-6-7-8-9-10-11-12-13-14-15-16-17-18-19-20-21-22-23-24(26)25-4-2;1-2-3-4-5-6-7-8-9-10-11-12-13-14-15-16-17-18(19)20/h11-12H,3-10,13-23H2,1-2H3,(H,25,26);2-17H2,1H3,(H2,19,20)/b12-11-;. The number of nitrogens with two attached hydrogens (primary N) is 1. The summed E-state index contributed by atoms with van der Waals surface area (Å²) in [6.45, 7) is 7.29. The van der Waals surface area contributed by atoms with Crippen LogP contribution in [0.15, 0.2) is 12.2 Å². The summed E-state index contributed by atoms with van der Waals surface area (Å²) >= 11 is 0. The average Bonchev–Trinajstić information content (AvgIpc) is 3.04. The van der Waals surface area contributed by atoms with Gasteiger partial charge < -0.3 is 11.1 Å². The van der Waals surface area contributed by atoms with Crippen LogP contribution >= 0.6 is 0 Å². The van der Waals surface area contributed by atoms with Crippen LogP contribution in [0.1, 0.15) is 239 Å². The van der Waals surface area contributed by atoms with E-state index in [0.29, 0.717) is 12.8 Å². The molecule has 274 valence electrons. The van der Waals surface area contributed by atoms with E-state index in [0.717, 1.165) is 19.4 Å². The molecule has 0 saturated heterocycles. The number of carbonyl (C=O) groups is 2. The van der Waals surface area contributed by atoms with Gasteiger partial charge >= 0.3 is 0 Å². The van der Waals surface area contributed by atoms with Crippen molar-refractivity contribution in [2.45, 2.75) is 239 Å². The van der Waals surface area contributed by atoms with E-state index in [4.69, 9.17) is 5.73 Å². The molecule has 0 saturated carbocycles. The van der Waals surface area contributed by atoms with E-state index in [2.05, 4.69) is 31.3 Å². The molecule has 0 aromatic carbocycles. The Morgan fingerprint density at radius 2 is 0.696 bits per heavy atom. The zero-order valence-corrected chi connectivity index (χ0v) is 31.8. The van der Waals surface area contributed by atoms with Gasteiger partial charge in [0.15, 0.2) is 0 Å². The van der Waals surface area contributed by atoms with E-state index >= 15 is 0 Å². The second-order valence-electron chi connectivity index (χ2n) is 13.9. The zero-order valence-electron chi connectivity index (χ0n) is 31.8. The molecule has 0 atom stereocenters. The fourth-order valence-corrected chi connectivity index (χ4v) is 6.02. The van der Waals surface area contributed by atoms with Crippen LogP contribution in [0.25, 0.3) is 0 Å². The smallest absolute Gasteiger partial charge is 0.219 e. The van der Waals surface area contributed by atoms with Gasteiger partial charge in [-0.05, 0) is 45.4 Å². The maximum atomic E-state index is 11.3. The topological polar surface area (TPSA) is 72.2 Å². The third-order valence-electron chi connectivity index (χ3n) is 9.07. The Morgan fingerprint density at radius 1 is 0.413 bits per heavy atom. The Hall–Kier alpha value is -1.32. The minimum Gasteiger partial charge on any atom is -0.370 e. The average molecular weight is 649 g/mol. The molecule has 4 nitrogen and oxygen atoms in total. The Kier molecular flexibility index (Phi) is 44.4. The molecular weight excluding hydrogens is 564 g/mol. The van der Waals surface area contributed by atoms with Gasteiger partial charge in [0.2, 0.25) is 11.8 Å². The van der Waals surface area contributed by atoms with Crippen LogP contribution in [0.5, 0.6) is 0 Å². The SMILES string of the molecule is CCCCCCCC/C=C\CCCCCCCCCCCC(=O)NCC.CCCCCCCCCCCCCCCCCC(N)=O. The van der Waals surface area contributed by atoms with Gasteiger partial charge in [-0.2, -0.15) is 0 Å². The van der Waals surface area contributed by atoms with Gasteiger partial charge in [0.05, 0.1) is 0 Å². The summed E-state index contributed by atoms with van der Waals surface area (Å²) in [5, 5.41) is 2.86. The first-order valence-electron chi connectivity index (χ1n) is 20.8. The summed E-state index contributed by atoms with van der Waals surface area (Å²) in [5.41, 5.74) is 5.11. The maximum Gasteiger partial charge on any atom is 0.219 e. The molecule has 0 radical (unpaired) electrons. The first-order chi connectivity index (χ1) is 22.6. The number of unbranched alkanes of at least 4 members (excludes halogenated alkanes) is 29. The van der Waals surface area contributed by atoms with E-state index in [1.165, 1.54) is 193 Å². The van der Waals surface area contributed by atoms with E-state index in [1.807, 2.05) is 6.92 Å². The summed E-state index contributed by atoms with van der Waals surface area (Å²) < 4.78 is 0. The van der Waals surface area contributed by atoms with E-state index in [-0.39, 0.29) is 11.8 Å². The van der Waals surface area contributed by atoms with Crippen LogP contribution in [0.2, 0.25) is 0 Å². The molecule has 0 aliphatic rings. The number of nitrogens with one attached hydrogen (secondary N) is 1. The summed E-state index contributed by atoms with van der Waals surface area (Å²) in [7, 11) is 0. The fraction of sp³-hybridized carbons (Fsp3) is 0.905. The summed E-state index contributed by atoms with van der Waals surface area (Å²) in [6, 6.07) is 0. The third-order valence-corrected chi connectivity index (χ3v) is 9.07. The molecule has 4 heteroatoms. The van der Waals surface area contributed by atoms with Crippen molar-refractivity contribution >= 4 is 11.8 Å². The first kappa shape index (κ1) is 46.8. The highest BCUT2D eigenvalue weighted by Crippen LogP contribution is 2.14. The third kappa shape index (κ3) is 47.1. The molecular formula is C42H84N2O2. The molecule has 0 rings (SSSR count). The van der Waals surface area contributed by atoms with Crippen LogP contribution in [0.3, 0.4) is 0 Å². The number of hydrogen-bond acceptors (Lipinski definition) is 2. The van der Waals surface area contributed by atoms with Crippen molar-refractivity contribution in [3.05, 3.63) is 12.2 Å². The monoisotopic (exact) mass is 649 g/mol. The van der Waals surface area contributed by atoms with Crippen molar-refractivity contribution in [2.24, 2.45) is 5.73 Å². The lowest BCUT2D eigenvalue weighted by Crippen LogP contribution is -2.21. The van der Waals surface area contributed by atoms with Gasteiger partial charge in [0, 0.05) is 19.4 Å². The Balaban J connectivity index is 0. The second-order valence-corrected chi connectivity index (χ2v) is 13.9. The maximum absolute atomic E-state index is 11.3. The van der Waals surface area contributed by atoms with Gasteiger partial charge in [-0.3, -0.25) is 9.59 Å². The van der Waals surface area contributed by atoms with E-state index in [1.54, 1.807) is 0 Å². The predicted octanol–water partition coefficient (Wildman–Crippen LogP) is 13.5. The quantitative estimate of drug-likeness (QED) is 0.0524. The molecule has 2 amide bonds. The molecule has 0 bridgehead atoms. The van der Waals surface area contributed by atoms with Crippen molar-refractivity contribution in [2.75, 3.05) is 6.54 Å².